The van der Waals surface area contributed by atoms with Crippen LogP contribution in [0.4, 0.5) is 0 Å². The Morgan fingerprint density at radius 1 is 1.00 bits per heavy atom. The fourth-order valence-electron chi connectivity index (χ4n) is 6.87. The largest absolute Gasteiger partial charge is 0.496 e. The maximum Gasteiger partial charge on any atom is 0.123 e. The molecule has 2 nitrogen and oxygen atoms in total. The van der Waals surface area contributed by atoms with E-state index >= 15 is 0 Å². The molecule has 0 amide bonds. The number of benzene rings is 2. The molecule has 0 radical (unpaired) electrons. The number of nitrogens with one attached hydrogen (secondary N) is 1. The topological polar surface area (TPSA) is 21.3 Å². The number of fused-ring (bicyclic) bond motifs is 1. The van der Waals surface area contributed by atoms with Gasteiger partial charge in [-0.2, -0.15) is 0 Å². The molecule has 4 bridgehead atoms. The van der Waals surface area contributed by atoms with Crippen LogP contribution in [0.3, 0.4) is 0 Å². The molecule has 26 heavy (non-hydrogen) atoms. The van der Waals surface area contributed by atoms with Crippen molar-refractivity contribution in [1.29, 1.82) is 0 Å². The first kappa shape index (κ1) is 16.6. The predicted octanol–water partition coefficient (Wildman–Crippen LogP) is 5.54. The van der Waals surface area contributed by atoms with Crippen molar-refractivity contribution < 1.29 is 4.74 Å². The number of hydrogen-bond acceptors (Lipinski definition) is 2. The molecule has 138 valence electrons. The van der Waals surface area contributed by atoms with Crippen molar-refractivity contribution in [3.05, 3.63) is 42.0 Å². The van der Waals surface area contributed by atoms with Gasteiger partial charge in [-0.25, -0.2) is 0 Å². The Kier molecular flexibility index (Phi) is 4.01. The van der Waals surface area contributed by atoms with Gasteiger partial charge < -0.3 is 10.1 Å². The van der Waals surface area contributed by atoms with Crippen molar-refractivity contribution in [3.8, 4) is 5.75 Å². The molecule has 2 heteroatoms. The van der Waals surface area contributed by atoms with E-state index in [1.54, 1.807) is 7.11 Å². The third-order valence-corrected chi connectivity index (χ3v) is 7.81. The van der Waals surface area contributed by atoms with E-state index in [9.17, 15) is 0 Å². The normalized spacial score (nSPS) is 33.5. The van der Waals surface area contributed by atoms with E-state index in [4.69, 9.17) is 4.74 Å². The average Bonchev–Trinajstić information content (AvgIpc) is 2.64. The number of rotatable bonds is 5. The van der Waals surface area contributed by atoms with Gasteiger partial charge >= 0.3 is 0 Å². The van der Waals surface area contributed by atoms with E-state index in [1.807, 2.05) is 0 Å². The molecule has 1 unspecified atom stereocenters. The minimum absolute atomic E-state index is 0.548. The Morgan fingerprint density at radius 3 is 2.31 bits per heavy atom. The molecule has 4 fully saturated rings. The molecule has 1 atom stereocenters. The third kappa shape index (κ3) is 2.65. The van der Waals surface area contributed by atoms with E-state index in [0.29, 0.717) is 11.5 Å². The quantitative estimate of drug-likeness (QED) is 0.765. The van der Waals surface area contributed by atoms with Crippen LogP contribution in [0.2, 0.25) is 0 Å². The first-order valence-corrected chi connectivity index (χ1v) is 10.4. The minimum Gasteiger partial charge on any atom is -0.496 e. The number of methoxy groups -OCH3 is 1. The Balaban J connectivity index is 1.39. The van der Waals surface area contributed by atoms with Crippen LogP contribution in [0.5, 0.6) is 5.75 Å². The molecule has 0 aliphatic heterocycles. The summed E-state index contributed by atoms with van der Waals surface area (Å²) >= 11 is 0. The second-order valence-corrected chi connectivity index (χ2v) is 9.35. The van der Waals surface area contributed by atoms with Crippen molar-refractivity contribution in [2.45, 2.75) is 58.0 Å². The molecule has 4 aliphatic rings. The summed E-state index contributed by atoms with van der Waals surface area (Å²) in [6, 6.07) is 13.5. The Hall–Kier alpha value is -1.54. The molecular formula is C24H31NO. The zero-order valence-corrected chi connectivity index (χ0v) is 16.1. The molecule has 0 aromatic heterocycles. The molecule has 0 heterocycles. The molecule has 4 saturated carbocycles. The molecule has 6 rings (SSSR count). The SMILES string of the molecule is COc1ccc2ccccc2c1CNC(C)C12CC3CC(CC(C3)C1)C2. The monoisotopic (exact) mass is 349 g/mol. The lowest BCUT2D eigenvalue weighted by Crippen LogP contribution is -2.54. The van der Waals surface area contributed by atoms with Gasteiger partial charge in [0.05, 0.1) is 7.11 Å². The lowest BCUT2D eigenvalue weighted by molar-refractivity contribution is -0.0706. The summed E-state index contributed by atoms with van der Waals surface area (Å²) in [5.74, 6) is 4.04. The minimum atomic E-state index is 0.548. The van der Waals surface area contributed by atoms with Gasteiger partial charge in [0, 0.05) is 18.2 Å². The Bertz CT molecular complexity index is 776. The standard InChI is InChI=1S/C24H31NO/c1-16(24-12-17-9-18(13-24)11-19(10-17)14-24)25-15-22-21-6-4-3-5-20(21)7-8-23(22)26-2/h3-8,16-19,25H,9-15H2,1-2H3. The summed E-state index contributed by atoms with van der Waals surface area (Å²) in [4.78, 5) is 0. The van der Waals surface area contributed by atoms with Gasteiger partial charge in [-0.3, -0.25) is 0 Å². The lowest BCUT2D eigenvalue weighted by Gasteiger charge is -2.59. The molecule has 0 saturated heterocycles. The molecule has 0 spiro atoms. The second-order valence-electron chi connectivity index (χ2n) is 9.35. The Labute approximate surface area is 157 Å². The van der Waals surface area contributed by atoms with Gasteiger partial charge in [-0.1, -0.05) is 30.3 Å². The van der Waals surface area contributed by atoms with Gasteiger partial charge in [0.15, 0.2) is 0 Å². The average molecular weight is 350 g/mol. The zero-order valence-electron chi connectivity index (χ0n) is 16.1. The highest BCUT2D eigenvalue weighted by atomic mass is 16.5. The van der Waals surface area contributed by atoms with Crippen LogP contribution in [0.15, 0.2) is 36.4 Å². The van der Waals surface area contributed by atoms with Crippen LogP contribution >= 0.6 is 0 Å². The highest BCUT2D eigenvalue weighted by molar-refractivity contribution is 5.87. The molecule has 2 aromatic rings. The molecular weight excluding hydrogens is 318 g/mol. The van der Waals surface area contributed by atoms with Crippen LogP contribution in [-0.2, 0) is 6.54 Å². The van der Waals surface area contributed by atoms with Crippen LogP contribution < -0.4 is 10.1 Å². The maximum absolute atomic E-state index is 5.70. The van der Waals surface area contributed by atoms with E-state index < -0.39 is 0 Å². The summed E-state index contributed by atoms with van der Waals surface area (Å²) in [7, 11) is 1.79. The van der Waals surface area contributed by atoms with Gasteiger partial charge in [-0.05, 0) is 85.5 Å². The van der Waals surface area contributed by atoms with Crippen LogP contribution in [0, 0.1) is 23.2 Å². The van der Waals surface area contributed by atoms with Crippen LogP contribution in [-0.4, -0.2) is 13.2 Å². The molecule has 1 N–H and O–H groups in total. The maximum atomic E-state index is 5.70. The van der Waals surface area contributed by atoms with Crippen molar-refractivity contribution in [3.63, 3.8) is 0 Å². The molecule has 2 aromatic carbocycles. The van der Waals surface area contributed by atoms with Crippen molar-refractivity contribution in [1.82, 2.24) is 5.32 Å². The summed E-state index contributed by atoms with van der Waals surface area (Å²) in [6.07, 6.45) is 8.93. The van der Waals surface area contributed by atoms with Crippen LogP contribution in [0.25, 0.3) is 10.8 Å². The summed E-state index contributed by atoms with van der Waals surface area (Å²) in [5.41, 5.74) is 1.86. The molecule has 4 aliphatic carbocycles. The van der Waals surface area contributed by atoms with Crippen molar-refractivity contribution in [2.24, 2.45) is 23.2 Å². The van der Waals surface area contributed by atoms with Gasteiger partial charge in [0.2, 0.25) is 0 Å². The van der Waals surface area contributed by atoms with E-state index in [-0.39, 0.29) is 0 Å². The zero-order chi connectivity index (χ0) is 17.7. The van der Waals surface area contributed by atoms with Crippen molar-refractivity contribution in [2.75, 3.05) is 7.11 Å². The first-order chi connectivity index (χ1) is 12.7. The van der Waals surface area contributed by atoms with E-state index in [0.717, 1.165) is 30.0 Å². The van der Waals surface area contributed by atoms with Crippen LogP contribution in [0.1, 0.15) is 51.0 Å². The number of hydrogen-bond donors (Lipinski definition) is 1. The second kappa shape index (κ2) is 6.27. The highest BCUT2D eigenvalue weighted by Gasteiger charge is 2.52. The summed E-state index contributed by atoms with van der Waals surface area (Å²) < 4.78 is 5.70. The van der Waals surface area contributed by atoms with E-state index in [1.165, 1.54) is 54.9 Å². The van der Waals surface area contributed by atoms with Gasteiger partial charge in [0.25, 0.3) is 0 Å². The predicted molar refractivity (Wildman–Crippen MR) is 107 cm³/mol. The van der Waals surface area contributed by atoms with E-state index in [2.05, 4.69) is 48.6 Å². The fraction of sp³-hybridized carbons (Fsp3) is 0.583. The highest BCUT2D eigenvalue weighted by Crippen LogP contribution is 2.61. The fourth-order valence-corrected chi connectivity index (χ4v) is 6.87. The number of ether oxygens (including phenoxy) is 1. The van der Waals surface area contributed by atoms with Gasteiger partial charge in [-0.15, -0.1) is 0 Å². The smallest absolute Gasteiger partial charge is 0.123 e. The first-order valence-electron chi connectivity index (χ1n) is 10.4. The third-order valence-electron chi connectivity index (χ3n) is 7.81. The summed E-state index contributed by atoms with van der Waals surface area (Å²) in [6.45, 7) is 3.35. The van der Waals surface area contributed by atoms with Gasteiger partial charge in [0.1, 0.15) is 5.75 Å². The summed E-state index contributed by atoms with van der Waals surface area (Å²) in [5, 5.41) is 6.56. The van der Waals surface area contributed by atoms with Crippen molar-refractivity contribution >= 4 is 10.8 Å². The lowest BCUT2D eigenvalue weighted by atomic mass is 9.48. The Morgan fingerprint density at radius 2 is 1.65 bits per heavy atom.